The molecular weight excluding hydrogens is 312 g/mol. The molecule has 0 saturated heterocycles. The lowest BCUT2D eigenvalue weighted by molar-refractivity contribution is 0.404. The monoisotopic (exact) mass is 334 g/mol. The SMILES string of the molecule is COc1ccc(-c2nc(C3CCC3)[nH]c2-c2ccc(OC)cc2)cc1. The second-order valence-electron chi connectivity index (χ2n) is 6.43. The molecular formula is C21H22N2O2. The van der Waals surface area contributed by atoms with Gasteiger partial charge in [0.05, 0.1) is 25.6 Å². The van der Waals surface area contributed by atoms with Crippen molar-refractivity contribution in [2.45, 2.75) is 25.2 Å². The Kier molecular flexibility index (Phi) is 4.18. The minimum absolute atomic E-state index is 0.559. The average molecular weight is 334 g/mol. The maximum absolute atomic E-state index is 5.28. The molecule has 4 heteroatoms. The van der Waals surface area contributed by atoms with Crippen LogP contribution in [0.5, 0.6) is 11.5 Å². The number of H-pyrrole nitrogens is 1. The summed E-state index contributed by atoms with van der Waals surface area (Å²) in [5.74, 6) is 3.37. The lowest BCUT2D eigenvalue weighted by Gasteiger charge is -2.22. The lowest BCUT2D eigenvalue weighted by Crippen LogP contribution is -2.10. The van der Waals surface area contributed by atoms with Crippen LogP contribution in [0.25, 0.3) is 22.5 Å². The van der Waals surface area contributed by atoms with Crippen LogP contribution in [0.15, 0.2) is 48.5 Å². The molecule has 1 aliphatic rings. The van der Waals surface area contributed by atoms with Gasteiger partial charge in [0.15, 0.2) is 0 Å². The molecule has 0 bridgehead atoms. The highest BCUT2D eigenvalue weighted by Crippen LogP contribution is 2.39. The first-order valence-corrected chi connectivity index (χ1v) is 8.67. The van der Waals surface area contributed by atoms with Crippen molar-refractivity contribution in [1.29, 1.82) is 0 Å². The number of ether oxygens (including phenoxy) is 2. The minimum atomic E-state index is 0.559. The third-order valence-corrected chi connectivity index (χ3v) is 4.96. The van der Waals surface area contributed by atoms with Crippen LogP contribution < -0.4 is 9.47 Å². The van der Waals surface area contributed by atoms with E-state index in [4.69, 9.17) is 14.5 Å². The van der Waals surface area contributed by atoms with E-state index >= 15 is 0 Å². The van der Waals surface area contributed by atoms with Crippen LogP contribution in [0.1, 0.15) is 31.0 Å². The molecule has 2 aromatic carbocycles. The summed E-state index contributed by atoms with van der Waals surface area (Å²) in [4.78, 5) is 8.53. The normalized spacial score (nSPS) is 14.2. The van der Waals surface area contributed by atoms with Crippen LogP contribution >= 0.6 is 0 Å². The molecule has 1 fully saturated rings. The highest BCUT2D eigenvalue weighted by Gasteiger charge is 2.25. The van der Waals surface area contributed by atoms with Crippen LogP contribution in [0.3, 0.4) is 0 Å². The van der Waals surface area contributed by atoms with Gasteiger partial charge in [0, 0.05) is 17.0 Å². The average Bonchev–Trinajstić information content (AvgIpc) is 3.05. The Morgan fingerprint density at radius 3 is 1.88 bits per heavy atom. The zero-order valence-electron chi connectivity index (χ0n) is 14.6. The summed E-state index contributed by atoms with van der Waals surface area (Å²) in [6.45, 7) is 0. The summed E-state index contributed by atoms with van der Waals surface area (Å²) in [5, 5.41) is 0. The number of benzene rings is 2. The molecule has 1 aliphatic carbocycles. The molecule has 0 aliphatic heterocycles. The first-order chi connectivity index (χ1) is 12.3. The smallest absolute Gasteiger partial charge is 0.118 e. The summed E-state index contributed by atoms with van der Waals surface area (Å²) < 4.78 is 10.5. The Balaban J connectivity index is 1.78. The van der Waals surface area contributed by atoms with Gasteiger partial charge in [-0.2, -0.15) is 0 Å². The van der Waals surface area contributed by atoms with E-state index in [1.807, 2.05) is 24.3 Å². The predicted octanol–water partition coefficient (Wildman–Crippen LogP) is 5.03. The van der Waals surface area contributed by atoms with Gasteiger partial charge >= 0.3 is 0 Å². The van der Waals surface area contributed by atoms with Crippen molar-refractivity contribution in [3.8, 4) is 34.0 Å². The highest BCUT2D eigenvalue weighted by atomic mass is 16.5. The number of imidazole rings is 1. The van der Waals surface area contributed by atoms with E-state index < -0.39 is 0 Å². The number of methoxy groups -OCH3 is 2. The van der Waals surface area contributed by atoms with Gasteiger partial charge in [0.2, 0.25) is 0 Å². The molecule has 1 N–H and O–H groups in total. The molecule has 0 unspecified atom stereocenters. The molecule has 1 saturated carbocycles. The fraction of sp³-hybridized carbons (Fsp3) is 0.286. The van der Waals surface area contributed by atoms with Crippen molar-refractivity contribution in [2.24, 2.45) is 0 Å². The number of nitrogens with one attached hydrogen (secondary N) is 1. The Bertz CT molecular complexity index is 782. The van der Waals surface area contributed by atoms with Crippen molar-refractivity contribution in [1.82, 2.24) is 9.97 Å². The number of nitrogens with zero attached hydrogens (tertiary/aromatic N) is 1. The topological polar surface area (TPSA) is 47.1 Å². The van der Waals surface area contributed by atoms with Crippen molar-refractivity contribution < 1.29 is 9.47 Å². The van der Waals surface area contributed by atoms with E-state index in [2.05, 4.69) is 29.2 Å². The zero-order valence-corrected chi connectivity index (χ0v) is 14.6. The standard InChI is InChI=1S/C21H22N2O2/c1-24-17-10-6-14(7-11-17)19-20(15-8-12-18(25-2)13-9-15)23-21(22-19)16-4-3-5-16/h6-13,16H,3-5H2,1-2H3,(H,22,23). The Labute approximate surface area is 147 Å². The number of rotatable bonds is 5. The molecule has 0 spiro atoms. The number of aromatic nitrogens is 2. The van der Waals surface area contributed by atoms with Crippen molar-refractivity contribution >= 4 is 0 Å². The summed E-state index contributed by atoms with van der Waals surface area (Å²) in [7, 11) is 3.36. The number of hydrogen-bond donors (Lipinski definition) is 1. The van der Waals surface area contributed by atoms with E-state index in [-0.39, 0.29) is 0 Å². The number of aromatic amines is 1. The van der Waals surface area contributed by atoms with Gasteiger partial charge in [-0.25, -0.2) is 4.98 Å². The predicted molar refractivity (Wildman–Crippen MR) is 99.2 cm³/mol. The lowest BCUT2D eigenvalue weighted by atomic mass is 9.85. The van der Waals surface area contributed by atoms with Crippen LogP contribution in [0, 0.1) is 0 Å². The molecule has 4 nitrogen and oxygen atoms in total. The summed E-state index contributed by atoms with van der Waals surface area (Å²) in [6, 6.07) is 16.2. The molecule has 1 aromatic heterocycles. The summed E-state index contributed by atoms with van der Waals surface area (Å²) in [6.07, 6.45) is 3.73. The van der Waals surface area contributed by atoms with Gasteiger partial charge in [0.1, 0.15) is 17.3 Å². The van der Waals surface area contributed by atoms with E-state index in [0.29, 0.717) is 5.92 Å². The summed E-state index contributed by atoms with van der Waals surface area (Å²) in [5.41, 5.74) is 4.27. The van der Waals surface area contributed by atoms with Crippen molar-refractivity contribution in [3.63, 3.8) is 0 Å². The van der Waals surface area contributed by atoms with E-state index in [1.54, 1.807) is 14.2 Å². The fourth-order valence-corrected chi connectivity index (χ4v) is 3.19. The molecule has 0 radical (unpaired) electrons. The van der Waals surface area contributed by atoms with Gasteiger partial charge in [0.25, 0.3) is 0 Å². The fourth-order valence-electron chi connectivity index (χ4n) is 3.19. The van der Waals surface area contributed by atoms with Crippen LogP contribution in [0.2, 0.25) is 0 Å². The van der Waals surface area contributed by atoms with Gasteiger partial charge in [-0.3, -0.25) is 0 Å². The van der Waals surface area contributed by atoms with Gasteiger partial charge < -0.3 is 14.5 Å². The molecule has 1 heterocycles. The molecule has 3 aromatic rings. The first-order valence-electron chi connectivity index (χ1n) is 8.67. The van der Waals surface area contributed by atoms with E-state index in [9.17, 15) is 0 Å². The molecule has 25 heavy (non-hydrogen) atoms. The van der Waals surface area contributed by atoms with Gasteiger partial charge in [-0.15, -0.1) is 0 Å². The molecule has 0 atom stereocenters. The second kappa shape index (κ2) is 6.63. The Hall–Kier alpha value is -2.75. The third-order valence-electron chi connectivity index (χ3n) is 4.96. The Morgan fingerprint density at radius 1 is 0.840 bits per heavy atom. The molecule has 0 amide bonds. The van der Waals surface area contributed by atoms with E-state index in [0.717, 1.165) is 39.8 Å². The maximum atomic E-state index is 5.28. The van der Waals surface area contributed by atoms with E-state index in [1.165, 1.54) is 19.3 Å². The first kappa shape index (κ1) is 15.8. The molecule has 4 rings (SSSR count). The minimum Gasteiger partial charge on any atom is -0.497 e. The highest BCUT2D eigenvalue weighted by molar-refractivity contribution is 5.79. The quantitative estimate of drug-likeness (QED) is 0.712. The Morgan fingerprint density at radius 2 is 1.40 bits per heavy atom. The van der Waals surface area contributed by atoms with Gasteiger partial charge in [-0.1, -0.05) is 6.42 Å². The maximum Gasteiger partial charge on any atom is 0.118 e. The van der Waals surface area contributed by atoms with Crippen LogP contribution in [-0.2, 0) is 0 Å². The largest absolute Gasteiger partial charge is 0.497 e. The van der Waals surface area contributed by atoms with Gasteiger partial charge in [-0.05, 0) is 61.4 Å². The van der Waals surface area contributed by atoms with Crippen LogP contribution in [0.4, 0.5) is 0 Å². The van der Waals surface area contributed by atoms with Crippen LogP contribution in [-0.4, -0.2) is 24.2 Å². The van der Waals surface area contributed by atoms with Crippen molar-refractivity contribution in [2.75, 3.05) is 14.2 Å². The second-order valence-corrected chi connectivity index (χ2v) is 6.43. The third kappa shape index (κ3) is 3.00. The number of hydrogen-bond acceptors (Lipinski definition) is 3. The summed E-state index contributed by atoms with van der Waals surface area (Å²) >= 11 is 0. The zero-order chi connectivity index (χ0) is 17.2. The van der Waals surface area contributed by atoms with Crippen molar-refractivity contribution in [3.05, 3.63) is 54.4 Å². The molecule has 128 valence electrons.